The molecule has 3 heterocycles. The molecule has 5 nitrogen and oxygen atoms in total. The molecule has 6 heteroatoms. The van der Waals surface area contributed by atoms with Gasteiger partial charge in [0.2, 0.25) is 0 Å². The average Bonchev–Trinajstić information content (AvgIpc) is 3.09. The molecule has 1 amide bonds. The number of benzene rings is 1. The minimum Gasteiger partial charge on any atom is -0.466 e. The smallest absolute Gasteiger partial charge is 0.257 e. The third-order valence-corrected chi connectivity index (χ3v) is 7.90. The number of carbonyl (C=O) groups is 1. The Labute approximate surface area is 153 Å². The van der Waals surface area contributed by atoms with Gasteiger partial charge in [0, 0.05) is 12.1 Å². The van der Waals surface area contributed by atoms with Gasteiger partial charge in [-0.3, -0.25) is 4.79 Å². The van der Waals surface area contributed by atoms with Crippen LogP contribution in [0.1, 0.15) is 47.6 Å². The zero-order valence-electron chi connectivity index (χ0n) is 15.0. The van der Waals surface area contributed by atoms with Gasteiger partial charge in [0.05, 0.1) is 15.7 Å². The fourth-order valence-electron chi connectivity index (χ4n) is 4.50. The van der Waals surface area contributed by atoms with E-state index in [0.29, 0.717) is 29.1 Å². The molecule has 2 aromatic rings. The molecule has 0 radical (unpaired) electrons. The van der Waals surface area contributed by atoms with E-state index in [1.165, 1.54) is 0 Å². The number of aryl methyl sites for hydroxylation is 2. The third kappa shape index (κ3) is 2.76. The molecular formula is C20H23NO4S. The number of rotatable bonds is 3. The Bertz CT molecular complexity index is 918. The predicted molar refractivity (Wildman–Crippen MR) is 97.8 cm³/mol. The zero-order valence-corrected chi connectivity index (χ0v) is 15.8. The number of amides is 1. The van der Waals surface area contributed by atoms with E-state index in [0.717, 1.165) is 18.6 Å². The van der Waals surface area contributed by atoms with Crippen LogP contribution < -0.4 is 0 Å². The molecule has 26 heavy (non-hydrogen) atoms. The van der Waals surface area contributed by atoms with E-state index < -0.39 is 15.1 Å². The minimum atomic E-state index is -3.36. The first-order valence-corrected chi connectivity index (χ1v) is 10.6. The highest BCUT2D eigenvalue weighted by molar-refractivity contribution is 7.92. The van der Waals surface area contributed by atoms with Crippen LogP contribution in [0, 0.1) is 13.8 Å². The van der Waals surface area contributed by atoms with Crippen LogP contribution in [0.25, 0.3) is 0 Å². The van der Waals surface area contributed by atoms with Crippen molar-refractivity contribution in [2.24, 2.45) is 0 Å². The summed E-state index contributed by atoms with van der Waals surface area (Å²) in [7, 11) is -3.36. The lowest BCUT2D eigenvalue weighted by molar-refractivity contribution is 0.0596. The largest absolute Gasteiger partial charge is 0.466 e. The van der Waals surface area contributed by atoms with Gasteiger partial charge in [0.1, 0.15) is 11.5 Å². The number of furan rings is 1. The summed E-state index contributed by atoms with van der Waals surface area (Å²) in [5.74, 6) is 1.33. The van der Waals surface area contributed by atoms with Crippen LogP contribution in [-0.2, 0) is 9.84 Å². The van der Waals surface area contributed by atoms with Crippen LogP contribution in [0.3, 0.4) is 0 Å². The molecule has 138 valence electrons. The van der Waals surface area contributed by atoms with Crippen molar-refractivity contribution in [3.8, 4) is 0 Å². The monoisotopic (exact) mass is 373 g/mol. The molecule has 0 aliphatic carbocycles. The van der Waals surface area contributed by atoms with E-state index in [4.69, 9.17) is 4.42 Å². The topological polar surface area (TPSA) is 67.6 Å². The number of fused-ring (bicyclic) bond motifs is 2. The Morgan fingerprint density at radius 3 is 2.23 bits per heavy atom. The Balaban J connectivity index is 1.58. The van der Waals surface area contributed by atoms with Gasteiger partial charge in [0.25, 0.3) is 5.91 Å². The molecule has 4 rings (SSSR count). The lowest BCUT2D eigenvalue weighted by Crippen LogP contribution is -2.49. The fraction of sp³-hybridized carbons (Fsp3) is 0.450. The Kier molecular flexibility index (Phi) is 4.18. The van der Waals surface area contributed by atoms with E-state index in [-0.39, 0.29) is 18.0 Å². The van der Waals surface area contributed by atoms with Crippen molar-refractivity contribution in [2.75, 3.05) is 0 Å². The van der Waals surface area contributed by atoms with Crippen LogP contribution >= 0.6 is 0 Å². The minimum absolute atomic E-state index is 0.0145. The molecule has 0 N–H and O–H groups in total. The van der Waals surface area contributed by atoms with Gasteiger partial charge >= 0.3 is 0 Å². The maximum atomic E-state index is 13.0. The molecule has 2 saturated heterocycles. The van der Waals surface area contributed by atoms with Gasteiger partial charge in [0.15, 0.2) is 9.84 Å². The normalized spacial score (nSPS) is 25.5. The summed E-state index contributed by atoms with van der Waals surface area (Å²) in [5.41, 5.74) is 0.601. The highest BCUT2D eigenvalue weighted by Crippen LogP contribution is 2.41. The first kappa shape index (κ1) is 17.3. The zero-order chi connectivity index (χ0) is 18.5. The van der Waals surface area contributed by atoms with Crippen molar-refractivity contribution in [1.29, 1.82) is 0 Å². The summed E-state index contributed by atoms with van der Waals surface area (Å²) in [6.45, 7) is 3.63. The van der Waals surface area contributed by atoms with Gasteiger partial charge in [-0.2, -0.15) is 0 Å². The average molecular weight is 373 g/mol. The maximum Gasteiger partial charge on any atom is 0.257 e. The second kappa shape index (κ2) is 6.27. The van der Waals surface area contributed by atoms with Gasteiger partial charge in [-0.05, 0) is 57.7 Å². The van der Waals surface area contributed by atoms with Gasteiger partial charge in [-0.25, -0.2) is 8.42 Å². The standard InChI is InChI=1S/C20H23NO4S/c1-13-10-19(14(2)25-13)20(22)21-15-8-9-16(21)12-18(11-15)26(23,24)17-6-4-3-5-7-17/h3-7,10,15-16,18H,8-9,11-12H2,1-2H3/t15-,16-/m1/s1. The molecule has 2 aliphatic rings. The van der Waals surface area contributed by atoms with Gasteiger partial charge in [-0.15, -0.1) is 0 Å². The first-order valence-electron chi connectivity index (χ1n) is 9.06. The lowest BCUT2D eigenvalue weighted by Gasteiger charge is -2.38. The lowest BCUT2D eigenvalue weighted by atomic mass is 10.0. The number of hydrogen-bond donors (Lipinski definition) is 0. The fourth-order valence-corrected chi connectivity index (χ4v) is 6.37. The molecule has 1 aromatic carbocycles. The van der Waals surface area contributed by atoms with Gasteiger partial charge in [-0.1, -0.05) is 18.2 Å². The van der Waals surface area contributed by atoms with Crippen LogP contribution in [0.15, 0.2) is 45.7 Å². The van der Waals surface area contributed by atoms with Crippen molar-refractivity contribution in [3.05, 3.63) is 53.5 Å². The van der Waals surface area contributed by atoms with E-state index in [1.54, 1.807) is 37.3 Å². The molecule has 2 fully saturated rings. The van der Waals surface area contributed by atoms with Crippen LogP contribution in [0.2, 0.25) is 0 Å². The summed E-state index contributed by atoms with van der Waals surface area (Å²) in [6.07, 6.45) is 2.75. The summed E-state index contributed by atoms with van der Waals surface area (Å²) in [4.78, 5) is 15.3. The molecule has 0 saturated carbocycles. The Morgan fingerprint density at radius 2 is 1.69 bits per heavy atom. The molecular weight excluding hydrogens is 350 g/mol. The molecule has 0 unspecified atom stereocenters. The molecule has 2 bridgehead atoms. The highest BCUT2D eigenvalue weighted by atomic mass is 32.2. The van der Waals surface area contributed by atoms with E-state index in [1.807, 2.05) is 17.9 Å². The quantitative estimate of drug-likeness (QED) is 0.826. The first-order chi connectivity index (χ1) is 12.4. The summed E-state index contributed by atoms with van der Waals surface area (Å²) < 4.78 is 31.5. The van der Waals surface area contributed by atoms with E-state index >= 15 is 0 Å². The maximum absolute atomic E-state index is 13.0. The SMILES string of the molecule is Cc1cc(C(=O)N2[C@@H]3CC[C@@H]2CC(S(=O)(=O)c2ccccc2)C3)c(C)o1. The Hall–Kier alpha value is -2.08. The molecule has 2 atom stereocenters. The van der Waals surface area contributed by atoms with E-state index in [2.05, 4.69) is 0 Å². The number of carbonyl (C=O) groups excluding carboxylic acids is 1. The second-order valence-corrected chi connectivity index (χ2v) is 9.60. The number of sulfone groups is 1. The van der Waals surface area contributed by atoms with Crippen molar-refractivity contribution in [2.45, 2.75) is 61.8 Å². The van der Waals surface area contributed by atoms with Crippen LogP contribution in [-0.4, -0.2) is 36.6 Å². The van der Waals surface area contributed by atoms with E-state index in [9.17, 15) is 13.2 Å². The van der Waals surface area contributed by atoms with Crippen molar-refractivity contribution in [1.82, 2.24) is 4.90 Å². The summed E-state index contributed by atoms with van der Waals surface area (Å²) in [6, 6.07) is 10.4. The molecule has 2 aliphatic heterocycles. The number of piperidine rings is 1. The number of hydrogen-bond acceptors (Lipinski definition) is 4. The highest BCUT2D eigenvalue weighted by Gasteiger charge is 2.47. The summed E-state index contributed by atoms with van der Waals surface area (Å²) in [5, 5.41) is -0.418. The van der Waals surface area contributed by atoms with Gasteiger partial charge < -0.3 is 9.32 Å². The van der Waals surface area contributed by atoms with Crippen LogP contribution in [0.5, 0.6) is 0 Å². The van der Waals surface area contributed by atoms with Crippen molar-refractivity contribution >= 4 is 15.7 Å². The van der Waals surface area contributed by atoms with Crippen molar-refractivity contribution < 1.29 is 17.6 Å². The number of nitrogens with zero attached hydrogens (tertiary/aromatic N) is 1. The second-order valence-electron chi connectivity index (χ2n) is 7.38. The third-order valence-electron chi connectivity index (χ3n) is 5.71. The molecule has 1 aromatic heterocycles. The molecule has 0 spiro atoms. The predicted octanol–water partition coefficient (Wildman–Crippen LogP) is 3.51. The summed E-state index contributed by atoms with van der Waals surface area (Å²) >= 11 is 0. The van der Waals surface area contributed by atoms with Crippen molar-refractivity contribution in [3.63, 3.8) is 0 Å². The van der Waals surface area contributed by atoms with Crippen LogP contribution in [0.4, 0.5) is 0 Å². The Morgan fingerprint density at radius 1 is 1.08 bits per heavy atom.